The zero-order valence-electron chi connectivity index (χ0n) is 9.68. The van der Waals surface area contributed by atoms with Gasteiger partial charge in [0.15, 0.2) is 0 Å². The summed E-state index contributed by atoms with van der Waals surface area (Å²) in [6.07, 6.45) is 4.89. The van der Waals surface area contributed by atoms with Crippen molar-refractivity contribution in [3.8, 4) is 0 Å². The fraction of sp³-hybridized carbons (Fsp3) is 1.00. The molecule has 1 rings (SSSR count). The van der Waals surface area contributed by atoms with Gasteiger partial charge in [-0.2, -0.15) is 0 Å². The normalized spacial score (nSPS) is 23.1. The van der Waals surface area contributed by atoms with Gasteiger partial charge in [0.2, 0.25) is 0 Å². The van der Waals surface area contributed by atoms with E-state index >= 15 is 0 Å². The molecule has 3 heteroatoms. The van der Waals surface area contributed by atoms with E-state index in [1.807, 2.05) is 6.92 Å². The maximum atomic E-state index is 5.82. The van der Waals surface area contributed by atoms with E-state index in [0.29, 0.717) is 6.04 Å². The molecule has 0 saturated heterocycles. The van der Waals surface area contributed by atoms with Crippen LogP contribution in [-0.4, -0.2) is 18.2 Å². The van der Waals surface area contributed by atoms with Crippen LogP contribution in [0.3, 0.4) is 0 Å². The molecule has 1 aliphatic carbocycles. The molecule has 3 nitrogen and oxygen atoms in total. The molecule has 0 aromatic rings. The third kappa shape index (κ3) is 2.94. The number of hydrogen-bond donors (Lipinski definition) is 2. The molecule has 84 valence electrons. The first-order valence-electron chi connectivity index (χ1n) is 5.76. The Morgan fingerprint density at radius 1 is 1.50 bits per heavy atom. The number of nitrogens with two attached hydrogens (primary N) is 1. The minimum Gasteiger partial charge on any atom is -0.374 e. The maximum absolute atomic E-state index is 5.82. The average molecular weight is 200 g/mol. The highest BCUT2D eigenvalue weighted by atomic mass is 16.5. The summed E-state index contributed by atoms with van der Waals surface area (Å²) in [4.78, 5) is 0. The summed E-state index contributed by atoms with van der Waals surface area (Å²) in [5.74, 6) is 6.49. The standard InChI is InChI=1S/C11H24N2O/c1-4-11(3,14-5-2)10(13-12)8-9-6-7-9/h9-10,13H,4-8,12H2,1-3H3. The maximum Gasteiger partial charge on any atom is 0.0817 e. The first-order valence-corrected chi connectivity index (χ1v) is 5.76. The predicted octanol–water partition coefficient (Wildman–Crippen LogP) is 1.82. The van der Waals surface area contributed by atoms with Gasteiger partial charge in [0.05, 0.1) is 11.6 Å². The van der Waals surface area contributed by atoms with Gasteiger partial charge in [-0.15, -0.1) is 0 Å². The SMILES string of the molecule is CCOC(C)(CC)C(CC1CC1)NN. The van der Waals surface area contributed by atoms with E-state index in [1.165, 1.54) is 12.8 Å². The van der Waals surface area contributed by atoms with Crippen molar-refractivity contribution < 1.29 is 4.74 Å². The van der Waals surface area contributed by atoms with E-state index in [0.717, 1.165) is 25.4 Å². The van der Waals surface area contributed by atoms with Gasteiger partial charge in [-0.05, 0) is 32.6 Å². The lowest BCUT2D eigenvalue weighted by Gasteiger charge is -2.36. The number of nitrogens with one attached hydrogen (secondary N) is 1. The summed E-state index contributed by atoms with van der Waals surface area (Å²) < 4.78 is 5.82. The molecule has 0 spiro atoms. The first kappa shape index (κ1) is 12.0. The van der Waals surface area contributed by atoms with Crippen LogP contribution in [0.5, 0.6) is 0 Å². The summed E-state index contributed by atoms with van der Waals surface area (Å²) in [5.41, 5.74) is 2.82. The number of rotatable bonds is 7. The van der Waals surface area contributed by atoms with Crippen LogP contribution < -0.4 is 11.3 Å². The Balaban J connectivity index is 2.51. The molecule has 0 aliphatic heterocycles. The number of hydrazine groups is 1. The second-order valence-corrected chi connectivity index (χ2v) is 4.50. The fourth-order valence-corrected chi connectivity index (χ4v) is 1.96. The molecular weight excluding hydrogens is 176 g/mol. The van der Waals surface area contributed by atoms with E-state index in [1.54, 1.807) is 0 Å². The van der Waals surface area contributed by atoms with Crippen LogP contribution in [0.2, 0.25) is 0 Å². The van der Waals surface area contributed by atoms with Gasteiger partial charge < -0.3 is 4.74 Å². The molecule has 0 aromatic carbocycles. The van der Waals surface area contributed by atoms with Crippen LogP contribution in [0.15, 0.2) is 0 Å². The monoisotopic (exact) mass is 200 g/mol. The van der Waals surface area contributed by atoms with E-state index in [9.17, 15) is 0 Å². The lowest BCUT2D eigenvalue weighted by Crippen LogP contribution is -2.53. The predicted molar refractivity (Wildman–Crippen MR) is 58.8 cm³/mol. The average Bonchev–Trinajstić information content (AvgIpc) is 2.98. The Morgan fingerprint density at radius 2 is 2.14 bits per heavy atom. The highest BCUT2D eigenvalue weighted by molar-refractivity contribution is 4.91. The molecule has 2 unspecified atom stereocenters. The summed E-state index contributed by atoms with van der Waals surface area (Å²) >= 11 is 0. The highest BCUT2D eigenvalue weighted by Gasteiger charge is 2.36. The molecule has 0 amide bonds. The summed E-state index contributed by atoms with van der Waals surface area (Å²) in [6.45, 7) is 7.11. The Kier molecular flexibility index (Phi) is 4.35. The van der Waals surface area contributed by atoms with Crippen molar-refractivity contribution >= 4 is 0 Å². The van der Waals surface area contributed by atoms with Crippen molar-refractivity contribution in [1.29, 1.82) is 0 Å². The van der Waals surface area contributed by atoms with E-state index in [2.05, 4.69) is 19.3 Å². The number of hydrogen-bond acceptors (Lipinski definition) is 3. The summed E-state index contributed by atoms with van der Waals surface area (Å²) in [6, 6.07) is 0.292. The molecule has 14 heavy (non-hydrogen) atoms. The Morgan fingerprint density at radius 3 is 2.50 bits per heavy atom. The molecule has 1 saturated carbocycles. The van der Waals surface area contributed by atoms with Gasteiger partial charge in [0, 0.05) is 6.61 Å². The smallest absolute Gasteiger partial charge is 0.0817 e. The minimum absolute atomic E-state index is 0.105. The van der Waals surface area contributed by atoms with Gasteiger partial charge in [-0.1, -0.05) is 19.8 Å². The van der Waals surface area contributed by atoms with Crippen LogP contribution >= 0.6 is 0 Å². The quantitative estimate of drug-likeness (QED) is 0.487. The van der Waals surface area contributed by atoms with Gasteiger partial charge in [0.25, 0.3) is 0 Å². The summed E-state index contributed by atoms with van der Waals surface area (Å²) in [5, 5.41) is 0. The van der Waals surface area contributed by atoms with E-state index < -0.39 is 0 Å². The zero-order chi connectivity index (χ0) is 10.6. The minimum atomic E-state index is -0.105. The molecule has 3 N–H and O–H groups in total. The van der Waals surface area contributed by atoms with Crippen molar-refractivity contribution in [2.24, 2.45) is 11.8 Å². The Labute approximate surface area is 87.4 Å². The molecule has 0 heterocycles. The number of ether oxygens (including phenoxy) is 1. The van der Waals surface area contributed by atoms with E-state index in [4.69, 9.17) is 10.6 Å². The second-order valence-electron chi connectivity index (χ2n) is 4.50. The molecule has 0 radical (unpaired) electrons. The molecular formula is C11H24N2O. The molecule has 2 atom stereocenters. The third-order valence-electron chi connectivity index (χ3n) is 3.38. The zero-order valence-corrected chi connectivity index (χ0v) is 9.68. The van der Waals surface area contributed by atoms with Gasteiger partial charge >= 0.3 is 0 Å². The van der Waals surface area contributed by atoms with Crippen LogP contribution in [0, 0.1) is 5.92 Å². The van der Waals surface area contributed by atoms with Crippen LogP contribution in [0.1, 0.15) is 46.5 Å². The second kappa shape index (κ2) is 5.10. The highest BCUT2D eigenvalue weighted by Crippen LogP contribution is 2.36. The largest absolute Gasteiger partial charge is 0.374 e. The van der Waals surface area contributed by atoms with Crippen LogP contribution in [0.25, 0.3) is 0 Å². The van der Waals surface area contributed by atoms with Gasteiger partial charge in [-0.3, -0.25) is 11.3 Å². The fourth-order valence-electron chi connectivity index (χ4n) is 1.96. The van der Waals surface area contributed by atoms with Crippen molar-refractivity contribution in [3.63, 3.8) is 0 Å². The first-order chi connectivity index (χ1) is 6.66. The van der Waals surface area contributed by atoms with Gasteiger partial charge in [0.1, 0.15) is 0 Å². The molecule has 1 fully saturated rings. The van der Waals surface area contributed by atoms with Crippen molar-refractivity contribution in [1.82, 2.24) is 5.43 Å². The Hall–Kier alpha value is -0.120. The summed E-state index contributed by atoms with van der Waals surface area (Å²) in [7, 11) is 0. The Bertz CT molecular complexity index is 171. The molecule has 0 aromatic heterocycles. The topological polar surface area (TPSA) is 47.3 Å². The van der Waals surface area contributed by atoms with Crippen molar-refractivity contribution in [3.05, 3.63) is 0 Å². The third-order valence-corrected chi connectivity index (χ3v) is 3.38. The van der Waals surface area contributed by atoms with Crippen molar-refractivity contribution in [2.45, 2.75) is 58.1 Å². The van der Waals surface area contributed by atoms with E-state index in [-0.39, 0.29) is 5.60 Å². The van der Waals surface area contributed by atoms with Crippen LogP contribution in [-0.2, 0) is 4.74 Å². The lowest BCUT2D eigenvalue weighted by molar-refractivity contribution is -0.0582. The molecule has 0 bridgehead atoms. The van der Waals surface area contributed by atoms with Gasteiger partial charge in [-0.25, -0.2) is 0 Å². The van der Waals surface area contributed by atoms with Crippen LogP contribution in [0.4, 0.5) is 0 Å². The van der Waals surface area contributed by atoms with Crippen molar-refractivity contribution in [2.75, 3.05) is 6.61 Å². The lowest BCUT2D eigenvalue weighted by atomic mass is 9.89. The molecule has 1 aliphatic rings.